The minimum absolute atomic E-state index is 0.0369. The van der Waals surface area contributed by atoms with Crippen molar-refractivity contribution in [1.82, 2.24) is 5.32 Å². The molecule has 248 valence electrons. The number of nitrogens with zero attached hydrogens (tertiary/aromatic N) is 4. The molecule has 0 atom stereocenters. The molecule has 0 saturated heterocycles. The third-order valence-corrected chi connectivity index (χ3v) is 10.0. The summed E-state index contributed by atoms with van der Waals surface area (Å²) in [5.41, 5.74) is 6.48. The van der Waals surface area contributed by atoms with Crippen molar-refractivity contribution in [2.75, 3.05) is 67.2 Å². The molecule has 0 aliphatic carbocycles. The zero-order chi connectivity index (χ0) is 33.5. The lowest BCUT2D eigenvalue weighted by atomic mass is 9.82. The number of carbonyl (C=O) groups is 1. The first-order chi connectivity index (χ1) is 22.1. The second-order valence-electron chi connectivity index (χ2n) is 12.5. The van der Waals surface area contributed by atoms with Gasteiger partial charge in [-0.1, -0.05) is 62.9 Å². The van der Waals surface area contributed by atoms with Crippen LogP contribution in [0.1, 0.15) is 65.2 Å². The maximum atomic E-state index is 13.4. The first-order valence-corrected chi connectivity index (χ1v) is 17.3. The van der Waals surface area contributed by atoms with Crippen LogP contribution in [0.15, 0.2) is 71.7 Å². The van der Waals surface area contributed by atoms with E-state index in [-0.39, 0.29) is 19.1 Å². The zero-order valence-corrected chi connectivity index (χ0v) is 29.3. The smallest absolute Gasteiger partial charge is 0.231 e. The zero-order valence-electron chi connectivity index (χ0n) is 28.5. The predicted octanol–water partition coefficient (Wildman–Crippen LogP) is 6.36. The molecule has 0 aromatic heterocycles. The second kappa shape index (κ2) is 15.4. The van der Waals surface area contributed by atoms with Crippen LogP contribution < -0.4 is 20.0 Å². The molecule has 0 fully saturated rings. The molecule has 46 heavy (non-hydrogen) atoms. The van der Waals surface area contributed by atoms with Crippen molar-refractivity contribution in [3.8, 4) is 0 Å². The van der Waals surface area contributed by atoms with E-state index in [4.69, 9.17) is 4.99 Å². The molecule has 3 aromatic rings. The topological polar surface area (TPSA) is 91.6 Å². The molecule has 8 nitrogen and oxygen atoms in total. The monoisotopic (exact) mass is 645 g/mol. The molecule has 0 bridgehead atoms. The van der Waals surface area contributed by atoms with Gasteiger partial charge < -0.3 is 30.2 Å². The van der Waals surface area contributed by atoms with Crippen molar-refractivity contribution in [3.05, 3.63) is 83.4 Å². The quantitative estimate of drug-likeness (QED) is 0.199. The number of aliphatic hydroxyl groups is 2. The summed E-state index contributed by atoms with van der Waals surface area (Å²) in [6, 6.07) is 23.7. The number of aliphatic imine (C=N–C) groups is 1. The van der Waals surface area contributed by atoms with Crippen molar-refractivity contribution in [3.63, 3.8) is 0 Å². The van der Waals surface area contributed by atoms with Gasteiger partial charge in [0, 0.05) is 67.3 Å². The average molecular weight is 646 g/mol. The second-order valence-corrected chi connectivity index (χ2v) is 13.7. The van der Waals surface area contributed by atoms with E-state index in [2.05, 4.69) is 97.4 Å². The summed E-state index contributed by atoms with van der Waals surface area (Å²) in [6.07, 6.45) is 0. The van der Waals surface area contributed by atoms with Crippen molar-refractivity contribution in [1.29, 1.82) is 0 Å². The van der Waals surface area contributed by atoms with Gasteiger partial charge in [-0.05, 0) is 75.2 Å². The minimum Gasteiger partial charge on any atom is -0.395 e. The van der Waals surface area contributed by atoms with Crippen LogP contribution in [-0.2, 0) is 9.54 Å². The Morgan fingerprint density at radius 1 is 0.739 bits per heavy atom. The molecule has 3 N–H and O–H groups in total. The molecule has 1 aliphatic heterocycles. The molecule has 0 saturated carbocycles. The van der Waals surface area contributed by atoms with Gasteiger partial charge in [0.1, 0.15) is 4.75 Å². The Morgan fingerprint density at radius 2 is 1.20 bits per heavy atom. The molecule has 4 rings (SSSR count). The van der Waals surface area contributed by atoms with E-state index in [0.717, 1.165) is 65.6 Å². The Hall–Kier alpha value is -3.53. The fourth-order valence-electron chi connectivity index (χ4n) is 5.98. The van der Waals surface area contributed by atoms with Gasteiger partial charge in [0.15, 0.2) is 5.17 Å². The van der Waals surface area contributed by atoms with Crippen LogP contribution >= 0.6 is 11.8 Å². The van der Waals surface area contributed by atoms with Crippen LogP contribution in [0.25, 0.3) is 0 Å². The van der Waals surface area contributed by atoms with Crippen LogP contribution in [-0.4, -0.2) is 73.8 Å². The molecule has 9 heteroatoms. The highest BCUT2D eigenvalue weighted by Gasteiger charge is 2.44. The number of hydrogen-bond donors (Lipinski definition) is 3. The van der Waals surface area contributed by atoms with Crippen molar-refractivity contribution >= 4 is 45.6 Å². The van der Waals surface area contributed by atoms with E-state index >= 15 is 0 Å². The van der Waals surface area contributed by atoms with Crippen LogP contribution in [0.4, 0.5) is 22.7 Å². The first kappa shape index (κ1) is 35.3. The van der Waals surface area contributed by atoms with Gasteiger partial charge in [-0.15, -0.1) is 0 Å². The molecular weight excluding hydrogens is 595 g/mol. The van der Waals surface area contributed by atoms with Gasteiger partial charge in [0.25, 0.3) is 0 Å². The summed E-state index contributed by atoms with van der Waals surface area (Å²) < 4.78 is -0.724. The molecular formula is C37H51N5O3S. The van der Waals surface area contributed by atoms with E-state index in [9.17, 15) is 15.0 Å². The van der Waals surface area contributed by atoms with Gasteiger partial charge in [0.05, 0.1) is 18.9 Å². The van der Waals surface area contributed by atoms with E-state index < -0.39 is 10.2 Å². The average Bonchev–Trinajstić information content (AvgIpc) is 3.05. The molecule has 1 aliphatic rings. The number of amidine groups is 1. The van der Waals surface area contributed by atoms with E-state index in [0.29, 0.717) is 18.3 Å². The molecule has 3 aromatic carbocycles. The maximum absolute atomic E-state index is 13.4. The molecule has 0 spiro atoms. The van der Waals surface area contributed by atoms with Crippen LogP contribution in [0.5, 0.6) is 0 Å². The summed E-state index contributed by atoms with van der Waals surface area (Å²) >= 11 is 1.56. The number of nitrogens with one attached hydrogen (secondary N) is 1. The lowest BCUT2D eigenvalue weighted by Crippen LogP contribution is -2.41. The van der Waals surface area contributed by atoms with Crippen LogP contribution in [0.3, 0.4) is 0 Å². The van der Waals surface area contributed by atoms with Gasteiger partial charge in [0.2, 0.25) is 5.91 Å². The van der Waals surface area contributed by atoms with Crippen molar-refractivity contribution < 1.29 is 15.0 Å². The van der Waals surface area contributed by atoms with E-state index in [1.54, 1.807) is 11.8 Å². The highest BCUT2D eigenvalue weighted by atomic mass is 32.2. The lowest BCUT2D eigenvalue weighted by molar-refractivity contribution is -0.126. The SMILES string of the molecule is CCN(CC)c1ccc(C2(c3ccc(N(CC)CC)cc3)SC(NC(=O)C(C)(C)C)=Nc3cc(N(CCO)CCO)ccc32)cc1. The highest BCUT2D eigenvalue weighted by molar-refractivity contribution is 8.15. The minimum atomic E-state index is -0.724. The van der Waals surface area contributed by atoms with Crippen LogP contribution in [0, 0.1) is 5.41 Å². The van der Waals surface area contributed by atoms with Gasteiger partial charge in [-0.25, -0.2) is 4.99 Å². The maximum Gasteiger partial charge on any atom is 0.231 e. The fourth-order valence-corrected chi connectivity index (χ4v) is 7.34. The molecule has 0 radical (unpaired) electrons. The first-order valence-electron chi connectivity index (χ1n) is 16.5. The highest BCUT2D eigenvalue weighted by Crippen LogP contribution is 2.55. The Labute approximate surface area is 279 Å². The standard InChI is InChI=1S/C37H51N5O3S/c1-8-40(9-2)29-16-12-27(13-17-29)37(28-14-18-30(19-15-28)41(10-3)11-4)32-21-20-31(42(22-24-43)23-25-44)26-33(32)38-35(46-37)39-34(45)36(5,6)7/h12-21,26,43-44H,8-11,22-25H2,1-7H3,(H,38,39,45). The number of carbonyl (C=O) groups excluding carboxylic acids is 1. The number of rotatable bonds is 13. The Bertz CT molecular complexity index is 1410. The fraction of sp³-hybridized carbons (Fsp3) is 0.459. The third kappa shape index (κ3) is 7.37. The van der Waals surface area contributed by atoms with Crippen molar-refractivity contribution in [2.24, 2.45) is 10.4 Å². The van der Waals surface area contributed by atoms with Crippen LogP contribution in [0.2, 0.25) is 0 Å². The van der Waals surface area contributed by atoms with Gasteiger partial charge in [-0.3, -0.25) is 4.79 Å². The van der Waals surface area contributed by atoms with Gasteiger partial charge >= 0.3 is 0 Å². The summed E-state index contributed by atoms with van der Waals surface area (Å²) in [5.74, 6) is -0.108. The third-order valence-electron chi connectivity index (χ3n) is 8.64. The largest absolute Gasteiger partial charge is 0.395 e. The number of fused-ring (bicyclic) bond motifs is 1. The number of hydrogen-bond acceptors (Lipinski definition) is 8. The number of thioether (sulfide) groups is 1. The Balaban J connectivity index is 1.99. The molecule has 0 unspecified atom stereocenters. The number of aliphatic hydroxyl groups excluding tert-OH is 2. The summed E-state index contributed by atoms with van der Waals surface area (Å²) in [6.45, 7) is 18.7. The normalized spacial score (nSPS) is 13.9. The Morgan fingerprint density at radius 3 is 1.61 bits per heavy atom. The lowest BCUT2D eigenvalue weighted by Gasteiger charge is -2.40. The number of benzene rings is 3. The number of anilines is 3. The summed E-state index contributed by atoms with van der Waals surface area (Å²) in [4.78, 5) is 25.0. The van der Waals surface area contributed by atoms with Crippen molar-refractivity contribution in [2.45, 2.75) is 53.2 Å². The molecule has 1 heterocycles. The summed E-state index contributed by atoms with van der Waals surface area (Å²) in [7, 11) is 0. The predicted molar refractivity (Wildman–Crippen MR) is 195 cm³/mol. The summed E-state index contributed by atoms with van der Waals surface area (Å²) in [5, 5.41) is 23.2. The van der Waals surface area contributed by atoms with E-state index in [1.807, 2.05) is 37.8 Å². The van der Waals surface area contributed by atoms with Gasteiger partial charge in [-0.2, -0.15) is 0 Å². The van der Waals surface area contributed by atoms with E-state index in [1.165, 1.54) is 0 Å². The molecule has 1 amide bonds. The number of amides is 1. The Kier molecular flexibility index (Phi) is 11.8.